The van der Waals surface area contributed by atoms with Gasteiger partial charge in [-0.15, -0.1) is 0 Å². The van der Waals surface area contributed by atoms with Crippen LogP contribution in [0.1, 0.15) is 30.9 Å². The number of nitrogens with zero attached hydrogens (tertiary/aromatic N) is 2. The number of imide groups is 1. The van der Waals surface area contributed by atoms with Crippen LogP contribution in [0.5, 0.6) is 11.5 Å². The number of carbonyl (C=O) groups excluding carboxylic acids is 2. The number of rotatable bonds is 8. The molecule has 0 unspecified atom stereocenters. The fraction of sp³-hybridized carbons (Fsp3) is 0.360. The van der Waals surface area contributed by atoms with Crippen LogP contribution in [0.2, 0.25) is 0 Å². The summed E-state index contributed by atoms with van der Waals surface area (Å²) in [5, 5.41) is 0. The molecule has 1 fully saturated rings. The molecule has 2 amide bonds. The highest BCUT2D eigenvalue weighted by Crippen LogP contribution is 2.34. The lowest BCUT2D eigenvalue weighted by Crippen LogP contribution is -2.36. The molecule has 162 valence electrons. The Morgan fingerprint density at radius 1 is 0.871 bits per heavy atom. The average molecular weight is 421 g/mol. The van der Waals surface area contributed by atoms with E-state index in [1.807, 2.05) is 55.5 Å². The Hall–Kier alpha value is -3.28. The molecule has 0 saturated carbocycles. The second kappa shape index (κ2) is 9.25. The number of carbonyl (C=O) groups is 2. The lowest BCUT2D eigenvalue weighted by Gasteiger charge is -2.20. The second-order valence-electron chi connectivity index (χ2n) is 7.74. The molecule has 0 aliphatic carbocycles. The maximum atomic E-state index is 13.4. The molecule has 0 bridgehead atoms. The van der Waals surface area contributed by atoms with E-state index in [1.54, 1.807) is 7.11 Å². The zero-order valence-corrected chi connectivity index (χ0v) is 18.1. The van der Waals surface area contributed by atoms with Crippen molar-refractivity contribution in [2.45, 2.75) is 26.2 Å². The van der Waals surface area contributed by atoms with Crippen molar-refractivity contribution < 1.29 is 19.1 Å². The van der Waals surface area contributed by atoms with Gasteiger partial charge >= 0.3 is 0 Å². The van der Waals surface area contributed by atoms with E-state index < -0.39 is 0 Å². The molecule has 6 nitrogen and oxygen atoms in total. The molecule has 2 aliphatic heterocycles. The van der Waals surface area contributed by atoms with Crippen LogP contribution in [-0.4, -0.2) is 55.0 Å². The van der Waals surface area contributed by atoms with Gasteiger partial charge in [0.15, 0.2) is 0 Å². The van der Waals surface area contributed by atoms with Crippen LogP contribution >= 0.6 is 0 Å². The van der Waals surface area contributed by atoms with Crippen molar-refractivity contribution in [1.29, 1.82) is 0 Å². The summed E-state index contributed by atoms with van der Waals surface area (Å²) < 4.78 is 10.7. The highest BCUT2D eigenvalue weighted by molar-refractivity contribution is 6.35. The number of benzene rings is 2. The molecule has 31 heavy (non-hydrogen) atoms. The van der Waals surface area contributed by atoms with Gasteiger partial charge in [0, 0.05) is 19.6 Å². The molecule has 2 aromatic carbocycles. The highest BCUT2D eigenvalue weighted by Gasteiger charge is 2.41. The van der Waals surface area contributed by atoms with Crippen molar-refractivity contribution in [2.24, 2.45) is 0 Å². The van der Waals surface area contributed by atoms with Gasteiger partial charge in [-0.2, -0.15) is 0 Å². The molecule has 2 aromatic rings. The molecular weight excluding hydrogens is 392 g/mol. The van der Waals surface area contributed by atoms with E-state index in [0.717, 1.165) is 48.6 Å². The van der Waals surface area contributed by atoms with Crippen LogP contribution in [0.15, 0.2) is 54.2 Å². The van der Waals surface area contributed by atoms with Crippen molar-refractivity contribution in [1.82, 2.24) is 9.80 Å². The Bertz CT molecular complexity index is 974. The molecule has 2 aliphatic rings. The first-order chi connectivity index (χ1) is 15.1. The fourth-order valence-corrected chi connectivity index (χ4v) is 4.18. The zero-order chi connectivity index (χ0) is 21.8. The van der Waals surface area contributed by atoms with E-state index in [4.69, 9.17) is 9.47 Å². The number of hydrogen-bond acceptors (Lipinski definition) is 5. The Kier molecular flexibility index (Phi) is 6.26. The first-order valence-electron chi connectivity index (χ1n) is 10.8. The molecule has 0 atom stereocenters. The lowest BCUT2D eigenvalue weighted by molar-refractivity contribution is -0.137. The molecule has 6 heteroatoms. The fourth-order valence-electron chi connectivity index (χ4n) is 4.18. The normalized spacial score (nSPS) is 16.5. The third-order valence-electron chi connectivity index (χ3n) is 5.80. The van der Waals surface area contributed by atoms with Crippen molar-refractivity contribution >= 4 is 17.4 Å². The summed E-state index contributed by atoms with van der Waals surface area (Å²) in [4.78, 5) is 30.2. The van der Waals surface area contributed by atoms with E-state index in [2.05, 4.69) is 4.90 Å². The first-order valence-corrected chi connectivity index (χ1v) is 10.8. The molecule has 0 spiro atoms. The third-order valence-corrected chi connectivity index (χ3v) is 5.80. The molecular formula is C25H28N2O4. The van der Waals surface area contributed by atoms with Crippen molar-refractivity contribution in [3.63, 3.8) is 0 Å². The molecule has 0 aromatic heterocycles. The summed E-state index contributed by atoms with van der Waals surface area (Å²) in [5.41, 5.74) is 2.86. The van der Waals surface area contributed by atoms with Gasteiger partial charge in [-0.1, -0.05) is 24.3 Å². The number of likely N-dealkylation sites (tertiary alicyclic amines) is 1. The third kappa shape index (κ3) is 4.29. The summed E-state index contributed by atoms with van der Waals surface area (Å²) in [6.07, 6.45) is 2.67. The van der Waals surface area contributed by atoms with Gasteiger partial charge in [0.05, 0.1) is 19.3 Å². The maximum Gasteiger partial charge on any atom is 0.277 e. The van der Waals surface area contributed by atoms with Gasteiger partial charge in [-0.3, -0.25) is 14.5 Å². The Balaban J connectivity index is 1.59. The summed E-state index contributed by atoms with van der Waals surface area (Å²) in [5.74, 6) is 1.13. The Labute approximate surface area is 183 Å². The monoisotopic (exact) mass is 420 g/mol. The van der Waals surface area contributed by atoms with Gasteiger partial charge in [-0.05, 0) is 61.6 Å². The van der Waals surface area contributed by atoms with E-state index in [1.165, 1.54) is 4.90 Å². The number of ether oxygens (including phenoxy) is 2. The summed E-state index contributed by atoms with van der Waals surface area (Å²) in [6.45, 7) is 4.48. The summed E-state index contributed by atoms with van der Waals surface area (Å²) in [7, 11) is 1.63. The Morgan fingerprint density at radius 3 is 2.13 bits per heavy atom. The zero-order valence-electron chi connectivity index (χ0n) is 18.1. The maximum absolute atomic E-state index is 13.4. The van der Waals surface area contributed by atoms with E-state index in [9.17, 15) is 9.59 Å². The average Bonchev–Trinajstić information content (AvgIpc) is 3.40. The minimum Gasteiger partial charge on any atom is -0.497 e. The molecule has 1 saturated heterocycles. The highest BCUT2D eigenvalue weighted by atomic mass is 16.5. The van der Waals surface area contributed by atoms with E-state index in [0.29, 0.717) is 30.8 Å². The molecule has 0 N–H and O–H groups in total. The molecule has 0 radical (unpaired) electrons. The van der Waals surface area contributed by atoms with Crippen molar-refractivity contribution in [3.8, 4) is 11.5 Å². The molecule has 4 rings (SSSR count). The second-order valence-corrected chi connectivity index (χ2v) is 7.74. The lowest BCUT2D eigenvalue weighted by atomic mass is 10.0. The Morgan fingerprint density at radius 2 is 1.52 bits per heavy atom. The first kappa shape index (κ1) is 21.0. The van der Waals surface area contributed by atoms with Crippen LogP contribution in [0, 0.1) is 0 Å². The van der Waals surface area contributed by atoms with E-state index in [-0.39, 0.29) is 11.8 Å². The van der Waals surface area contributed by atoms with Crippen LogP contribution < -0.4 is 9.47 Å². The van der Waals surface area contributed by atoms with Gasteiger partial charge in [-0.25, -0.2) is 0 Å². The summed E-state index contributed by atoms with van der Waals surface area (Å²) >= 11 is 0. The van der Waals surface area contributed by atoms with Gasteiger partial charge < -0.3 is 14.4 Å². The van der Waals surface area contributed by atoms with Crippen LogP contribution in [0.4, 0.5) is 0 Å². The van der Waals surface area contributed by atoms with Crippen LogP contribution in [0.25, 0.3) is 5.57 Å². The molecule has 2 heterocycles. The van der Waals surface area contributed by atoms with Crippen molar-refractivity contribution in [3.05, 3.63) is 65.4 Å². The van der Waals surface area contributed by atoms with Gasteiger partial charge in [0.2, 0.25) is 0 Å². The smallest absolute Gasteiger partial charge is 0.277 e. The predicted molar refractivity (Wildman–Crippen MR) is 119 cm³/mol. The summed E-state index contributed by atoms with van der Waals surface area (Å²) in [6, 6.07) is 15.2. The minimum atomic E-state index is -0.218. The van der Waals surface area contributed by atoms with Crippen LogP contribution in [0.3, 0.4) is 0 Å². The predicted octanol–water partition coefficient (Wildman–Crippen LogP) is 3.51. The van der Waals surface area contributed by atoms with Crippen molar-refractivity contribution in [2.75, 3.05) is 33.4 Å². The minimum absolute atomic E-state index is 0.190. The largest absolute Gasteiger partial charge is 0.497 e. The quantitative estimate of drug-likeness (QED) is 0.612. The standard InChI is InChI=1S/C25H28N2O4/c1-3-31-21-12-8-19(9-13-21)22-23(26-15-4-5-16-26)25(29)27(24(22)28)17-14-18-6-10-20(30-2)11-7-18/h6-13H,3-5,14-17H2,1-2H3. The van der Waals surface area contributed by atoms with Crippen LogP contribution in [-0.2, 0) is 16.0 Å². The van der Waals surface area contributed by atoms with Gasteiger partial charge in [0.1, 0.15) is 17.2 Å². The number of hydrogen-bond donors (Lipinski definition) is 0. The van der Waals surface area contributed by atoms with E-state index >= 15 is 0 Å². The SMILES string of the molecule is CCOc1ccc(C2=C(N3CCCC3)C(=O)N(CCc3ccc(OC)cc3)C2=O)cc1. The number of amides is 2. The topological polar surface area (TPSA) is 59.1 Å². The van der Waals surface area contributed by atoms with Gasteiger partial charge in [0.25, 0.3) is 11.8 Å². The number of methoxy groups -OCH3 is 1.